The third kappa shape index (κ3) is 8.67. The second kappa shape index (κ2) is 12.0. The molecule has 1 amide bonds. The van der Waals surface area contributed by atoms with Crippen LogP contribution in [-0.4, -0.2) is 17.8 Å². The fourth-order valence-electron chi connectivity index (χ4n) is 2.40. The summed E-state index contributed by atoms with van der Waals surface area (Å²) in [6.07, 6.45) is 8.26. The van der Waals surface area contributed by atoms with E-state index in [9.17, 15) is 4.79 Å². The summed E-state index contributed by atoms with van der Waals surface area (Å²) in [5.41, 5.74) is 0.837. The topological polar surface area (TPSA) is 58.6 Å². The quantitative estimate of drug-likeness (QED) is 0.417. The Balaban J connectivity index is 2.17. The molecule has 0 aliphatic heterocycles. The number of hydrogen-bond acceptors (Lipinski definition) is 2. The molecule has 0 saturated heterocycles. The van der Waals surface area contributed by atoms with Gasteiger partial charge in [-0.15, -0.1) is 0 Å². The lowest BCUT2D eigenvalue weighted by Crippen LogP contribution is -2.29. The highest BCUT2D eigenvalue weighted by Gasteiger charge is 2.13. The van der Waals surface area contributed by atoms with Crippen LogP contribution in [0.3, 0.4) is 0 Å². The lowest BCUT2D eigenvalue weighted by molar-refractivity contribution is 0.0278. The molecule has 1 rings (SSSR count). The van der Waals surface area contributed by atoms with E-state index in [4.69, 9.17) is 9.84 Å². The van der Waals surface area contributed by atoms with Gasteiger partial charge in [0.05, 0.1) is 0 Å². The lowest BCUT2D eigenvalue weighted by Gasteiger charge is -2.18. The van der Waals surface area contributed by atoms with Gasteiger partial charge in [-0.3, -0.25) is 5.32 Å². The van der Waals surface area contributed by atoms with E-state index in [0.717, 1.165) is 18.4 Å². The van der Waals surface area contributed by atoms with Crippen molar-refractivity contribution in [3.05, 3.63) is 35.9 Å². The summed E-state index contributed by atoms with van der Waals surface area (Å²) in [6.45, 7) is 2.81. The zero-order valence-corrected chi connectivity index (χ0v) is 13.6. The highest BCUT2D eigenvalue weighted by molar-refractivity contribution is 5.64. The molecule has 4 heteroatoms. The molecule has 2 N–H and O–H groups in total. The molecule has 4 nitrogen and oxygen atoms in total. The Morgan fingerprint density at radius 2 is 1.64 bits per heavy atom. The van der Waals surface area contributed by atoms with Crippen molar-refractivity contribution in [3.63, 3.8) is 0 Å². The summed E-state index contributed by atoms with van der Waals surface area (Å²) in [4.78, 5) is 10.9. The first-order valence-electron chi connectivity index (χ1n) is 8.40. The molecule has 0 aromatic heterocycles. The second-order valence-electron chi connectivity index (χ2n) is 5.59. The average Bonchev–Trinajstić information content (AvgIpc) is 2.52. The van der Waals surface area contributed by atoms with Crippen molar-refractivity contribution < 1.29 is 14.6 Å². The molecule has 1 aromatic carbocycles. The number of carbonyl (C=O) groups is 1. The molecular formula is C18H29NO3. The standard InChI is InChI=1S/C18H29NO3/c1-2-3-4-5-6-7-8-12-15-22-17(19-18(20)21)16-13-10-9-11-14-16/h9-11,13-14,17,19H,2-8,12,15H2,1H3,(H,20,21). The van der Waals surface area contributed by atoms with E-state index in [1.54, 1.807) is 0 Å². The van der Waals surface area contributed by atoms with Gasteiger partial charge in [0, 0.05) is 12.2 Å². The van der Waals surface area contributed by atoms with Gasteiger partial charge in [-0.2, -0.15) is 0 Å². The summed E-state index contributed by atoms with van der Waals surface area (Å²) in [7, 11) is 0. The molecule has 0 radical (unpaired) electrons. The molecule has 0 aliphatic rings. The fourth-order valence-corrected chi connectivity index (χ4v) is 2.40. The monoisotopic (exact) mass is 307 g/mol. The van der Waals surface area contributed by atoms with E-state index in [-0.39, 0.29) is 0 Å². The van der Waals surface area contributed by atoms with Gasteiger partial charge < -0.3 is 9.84 Å². The van der Waals surface area contributed by atoms with Gasteiger partial charge >= 0.3 is 6.09 Å². The minimum atomic E-state index is -1.07. The normalized spacial score (nSPS) is 12.0. The van der Waals surface area contributed by atoms with E-state index >= 15 is 0 Å². The van der Waals surface area contributed by atoms with E-state index in [1.165, 1.54) is 38.5 Å². The van der Waals surface area contributed by atoms with Crippen molar-refractivity contribution in [2.24, 2.45) is 0 Å². The SMILES string of the molecule is CCCCCCCCCCOC(NC(=O)O)c1ccccc1. The van der Waals surface area contributed by atoms with Gasteiger partial charge in [-0.25, -0.2) is 4.79 Å². The van der Waals surface area contributed by atoms with E-state index < -0.39 is 12.3 Å². The van der Waals surface area contributed by atoms with Gasteiger partial charge in [0.2, 0.25) is 0 Å². The van der Waals surface area contributed by atoms with Crippen LogP contribution < -0.4 is 5.32 Å². The Kier molecular flexibility index (Phi) is 10.1. The highest BCUT2D eigenvalue weighted by atomic mass is 16.5. The smallest absolute Gasteiger partial charge is 0.406 e. The minimum Gasteiger partial charge on any atom is -0.465 e. The molecule has 0 heterocycles. The van der Waals surface area contributed by atoms with Gasteiger partial charge in [0.1, 0.15) is 0 Å². The molecule has 0 bridgehead atoms. The van der Waals surface area contributed by atoms with Crippen LogP contribution in [0.1, 0.15) is 70.1 Å². The van der Waals surface area contributed by atoms with E-state index in [2.05, 4.69) is 12.2 Å². The van der Waals surface area contributed by atoms with Crippen molar-refractivity contribution in [3.8, 4) is 0 Å². The Morgan fingerprint density at radius 1 is 1.05 bits per heavy atom. The molecule has 0 aliphatic carbocycles. The number of ether oxygens (including phenoxy) is 1. The van der Waals surface area contributed by atoms with Gasteiger partial charge in [-0.05, 0) is 6.42 Å². The van der Waals surface area contributed by atoms with Crippen LogP contribution in [0, 0.1) is 0 Å². The summed E-state index contributed by atoms with van der Waals surface area (Å²) in [5, 5.41) is 11.3. The predicted molar refractivity (Wildman–Crippen MR) is 88.9 cm³/mol. The van der Waals surface area contributed by atoms with Crippen LogP contribution in [0.2, 0.25) is 0 Å². The molecular weight excluding hydrogens is 278 g/mol. The third-order valence-electron chi connectivity index (χ3n) is 3.64. The number of nitrogens with one attached hydrogen (secondary N) is 1. The van der Waals surface area contributed by atoms with Crippen LogP contribution in [0.15, 0.2) is 30.3 Å². The van der Waals surface area contributed by atoms with Crippen molar-refractivity contribution in [1.29, 1.82) is 0 Å². The average molecular weight is 307 g/mol. The van der Waals surface area contributed by atoms with Gasteiger partial charge in [0.25, 0.3) is 0 Å². The number of benzene rings is 1. The van der Waals surface area contributed by atoms with Crippen molar-refractivity contribution in [2.75, 3.05) is 6.61 Å². The fraction of sp³-hybridized carbons (Fsp3) is 0.611. The van der Waals surface area contributed by atoms with Crippen molar-refractivity contribution in [1.82, 2.24) is 5.32 Å². The van der Waals surface area contributed by atoms with Crippen LogP contribution in [-0.2, 0) is 4.74 Å². The van der Waals surface area contributed by atoms with Crippen LogP contribution in [0.5, 0.6) is 0 Å². The summed E-state index contributed by atoms with van der Waals surface area (Å²) >= 11 is 0. The summed E-state index contributed by atoms with van der Waals surface area (Å²) in [5.74, 6) is 0. The van der Waals surface area contributed by atoms with Gasteiger partial charge in [0.15, 0.2) is 6.23 Å². The Bertz CT molecular complexity index is 395. The Hall–Kier alpha value is -1.55. The molecule has 0 saturated carbocycles. The predicted octanol–water partition coefficient (Wildman–Crippen LogP) is 5.11. The number of rotatable bonds is 12. The van der Waals surface area contributed by atoms with Crippen molar-refractivity contribution >= 4 is 6.09 Å². The third-order valence-corrected chi connectivity index (χ3v) is 3.64. The maximum absolute atomic E-state index is 10.9. The number of unbranched alkanes of at least 4 members (excludes halogenated alkanes) is 7. The molecule has 1 unspecified atom stereocenters. The van der Waals surface area contributed by atoms with Crippen molar-refractivity contribution in [2.45, 2.75) is 64.5 Å². The lowest BCUT2D eigenvalue weighted by atomic mass is 10.1. The van der Waals surface area contributed by atoms with Crippen LogP contribution >= 0.6 is 0 Å². The number of carboxylic acid groups (broad SMARTS) is 1. The highest BCUT2D eigenvalue weighted by Crippen LogP contribution is 2.15. The first-order chi connectivity index (χ1) is 10.7. The maximum atomic E-state index is 10.9. The summed E-state index contributed by atoms with van der Waals surface area (Å²) in [6, 6.07) is 9.40. The largest absolute Gasteiger partial charge is 0.465 e. The maximum Gasteiger partial charge on any atom is 0.406 e. The van der Waals surface area contributed by atoms with Crippen LogP contribution in [0.4, 0.5) is 4.79 Å². The molecule has 1 atom stereocenters. The summed E-state index contributed by atoms with van der Waals surface area (Å²) < 4.78 is 5.69. The van der Waals surface area contributed by atoms with Crippen LogP contribution in [0.25, 0.3) is 0 Å². The molecule has 0 spiro atoms. The molecule has 124 valence electrons. The zero-order valence-electron chi connectivity index (χ0n) is 13.6. The molecule has 1 aromatic rings. The number of hydrogen-bond donors (Lipinski definition) is 2. The molecule has 0 fully saturated rings. The molecule has 22 heavy (non-hydrogen) atoms. The van der Waals surface area contributed by atoms with E-state index in [0.29, 0.717) is 6.61 Å². The van der Waals surface area contributed by atoms with E-state index in [1.807, 2.05) is 30.3 Å². The first kappa shape index (κ1) is 18.5. The Labute approximate surface area is 133 Å². The minimum absolute atomic E-state index is 0.578. The zero-order chi connectivity index (χ0) is 16.0. The Morgan fingerprint density at radius 3 is 2.23 bits per heavy atom. The number of amides is 1. The first-order valence-corrected chi connectivity index (χ1v) is 8.40. The van der Waals surface area contributed by atoms with Gasteiger partial charge in [-0.1, -0.05) is 82.2 Å². The second-order valence-corrected chi connectivity index (χ2v) is 5.59.